The van der Waals surface area contributed by atoms with E-state index in [1.807, 2.05) is 6.07 Å². The summed E-state index contributed by atoms with van der Waals surface area (Å²) in [5.74, 6) is -1.07. The van der Waals surface area contributed by atoms with Crippen molar-refractivity contribution in [1.29, 1.82) is 0 Å². The van der Waals surface area contributed by atoms with E-state index in [2.05, 4.69) is 30.7 Å². The molecule has 2 unspecified atom stereocenters. The molecule has 4 aromatic heterocycles. The molecular weight excluding hydrogens is 429 g/mol. The van der Waals surface area contributed by atoms with Gasteiger partial charge in [0.05, 0.1) is 24.9 Å². The van der Waals surface area contributed by atoms with Gasteiger partial charge in [-0.25, -0.2) is 4.68 Å². The number of halogens is 3. The third-order valence-electron chi connectivity index (χ3n) is 5.00. The number of aromatic nitrogens is 7. The molecule has 1 fully saturated rings. The lowest BCUT2D eigenvalue weighted by molar-refractivity contribution is -0.146. The standard InChI is InChI=1S/C19H15F3N8O2/c20-19(21,22)18-26-25-16-5-4-15(28-30(16)18)24-13-9-32-10-14(13)29-17(31)6-3-12(27-29)11-2-1-7-23-8-11/h1-8,13-14H,9-10H2,(H,24,28). The van der Waals surface area contributed by atoms with E-state index in [1.165, 1.54) is 22.9 Å². The fourth-order valence-electron chi connectivity index (χ4n) is 3.49. The minimum absolute atomic E-state index is 0.0378. The molecule has 5 rings (SSSR count). The van der Waals surface area contributed by atoms with Crippen molar-refractivity contribution in [2.75, 3.05) is 18.5 Å². The van der Waals surface area contributed by atoms with E-state index >= 15 is 0 Å². The van der Waals surface area contributed by atoms with E-state index < -0.39 is 24.1 Å². The molecule has 2 atom stereocenters. The Morgan fingerprint density at radius 2 is 1.94 bits per heavy atom. The number of nitrogens with one attached hydrogen (secondary N) is 1. The van der Waals surface area contributed by atoms with Crippen LogP contribution < -0.4 is 10.9 Å². The molecule has 0 amide bonds. The van der Waals surface area contributed by atoms with Gasteiger partial charge in [-0.1, -0.05) is 0 Å². The van der Waals surface area contributed by atoms with Crippen molar-refractivity contribution < 1.29 is 17.9 Å². The molecule has 1 N–H and O–H groups in total. The highest BCUT2D eigenvalue weighted by molar-refractivity contribution is 5.56. The van der Waals surface area contributed by atoms with Crippen molar-refractivity contribution >= 4 is 11.5 Å². The largest absolute Gasteiger partial charge is 0.453 e. The summed E-state index contributed by atoms with van der Waals surface area (Å²) in [6.07, 6.45) is -1.43. The number of ether oxygens (including phenoxy) is 1. The van der Waals surface area contributed by atoms with Gasteiger partial charge in [-0.15, -0.1) is 15.3 Å². The number of hydrogen-bond acceptors (Lipinski definition) is 8. The molecule has 32 heavy (non-hydrogen) atoms. The van der Waals surface area contributed by atoms with Gasteiger partial charge in [0.25, 0.3) is 11.4 Å². The van der Waals surface area contributed by atoms with Gasteiger partial charge in [-0.05, 0) is 30.3 Å². The number of pyridine rings is 1. The predicted octanol–water partition coefficient (Wildman–Crippen LogP) is 1.81. The number of alkyl halides is 3. The van der Waals surface area contributed by atoms with Crippen molar-refractivity contribution in [1.82, 2.24) is 34.6 Å². The van der Waals surface area contributed by atoms with E-state index in [4.69, 9.17) is 4.74 Å². The maximum absolute atomic E-state index is 13.1. The smallest absolute Gasteiger partial charge is 0.377 e. The summed E-state index contributed by atoms with van der Waals surface area (Å²) in [7, 11) is 0. The Hall–Kier alpha value is -3.87. The second-order valence-corrected chi connectivity index (χ2v) is 7.11. The number of nitrogens with zero attached hydrogens (tertiary/aromatic N) is 7. The first kappa shape index (κ1) is 20.1. The van der Waals surface area contributed by atoms with Crippen LogP contribution in [-0.4, -0.2) is 53.8 Å². The van der Waals surface area contributed by atoms with Crippen LogP contribution in [0.5, 0.6) is 0 Å². The summed E-state index contributed by atoms with van der Waals surface area (Å²) >= 11 is 0. The zero-order chi connectivity index (χ0) is 22.3. The molecule has 1 saturated heterocycles. The average molecular weight is 444 g/mol. The maximum Gasteiger partial charge on any atom is 0.453 e. The SMILES string of the molecule is O=c1ccc(-c2cccnc2)nn1C1COCC1Nc1ccc2nnc(C(F)(F)F)n2n1. The van der Waals surface area contributed by atoms with Crippen LogP contribution in [0.3, 0.4) is 0 Å². The van der Waals surface area contributed by atoms with Crippen LogP contribution >= 0.6 is 0 Å². The summed E-state index contributed by atoms with van der Waals surface area (Å²) in [5, 5.41) is 18.1. The van der Waals surface area contributed by atoms with Crippen LogP contribution in [-0.2, 0) is 10.9 Å². The lowest BCUT2D eigenvalue weighted by atomic mass is 10.1. The lowest BCUT2D eigenvalue weighted by Crippen LogP contribution is -2.37. The molecule has 1 aliphatic rings. The maximum atomic E-state index is 13.1. The van der Waals surface area contributed by atoms with E-state index in [9.17, 15) is 18.0 Å². The first-order valence-electron chi connectivity index (χ1n) is 9.54. The fourth-order valence-corrected chi connectivity index (χ4v) is 3.49. The third kappa shape index (κ3) is 3.66. The topological polar surface area (TPSA) is 112 Å². The Morgan fingerprint density at radius 1 is 1.06 bits per heavy atom. The minimum atomic E-state index is -4.70. The molecule has 0 aromatic carbocycles. The van der Waals surface area contributed by atoms with Gasteiger partial charge in [-0.3, -0.25) is 9.78 Å². The van der Waals surface area contributed by atoms with Crippen molar-refractivity contribution in [3.8, 4) is 11.3 Å². The Bertz CT molecular complexity index is 1320. The summed E-state index contributed by atoms with van der Waals surface area (Å²) in [4.78, 5) is 16.6. The zero-order valence-corrected chi connectivity index (χ0v) is 16.3. The molecule has 164 valence electrons. The van der Waals surface area contributed by atoms with Crippen LogP contribution in [0.2, 0.25) is 0 Å². The van der Waals surface area contributed by atoms with Gasteiger partial charge in [0, 0.05) is 24.0 Å². The number of hydrogen-bond donors (Lipinski definition) is 1. The van der Waals surface area contributed by atoms with Gasteiger partial charge >= 0.3 is 6.18 Å². The zero-order valence-electron chi connectivity index (χ0n) is 16.3. The van der Waals surface area contributed by atoms with E-state index in [-0.39, 0.29) is 30.2 Å². The fraction of sp³-hybridized carbons (Fsp3) is 0.263. The molecule has 10 nitrogen and oxygen atoms in total. The van der Waals surface area contributed by atoms with E-state index in [0.29, 0.717) is 10.2 Å². The van der Waals surface area contributed by atoms with Crippen molar-refractivity contribution in [2.45, 2.75) is 18.3 Å². The van der Waals surface area contributed by atoms with Crippen molar-refractivity contribution in [3.63, 3.8) is 0 Å². The molecule has 1 aliphatic heterocycles. The first-order chi connectivity index (χ1) is 15.4. The molecule has 4 aromatic rings. The Balaban J connectivity index is 1.45. The summed E-state index contributed by atoms with van der Waals surface area (Å²) in [5.41, 5.74) is 0.928. The molecular formula is C19H15F3N8O2. The second kappa shape index (κ2) is 7.67. The Morgan fingerprint density at radius 3 is 2.72 bits per heavy atom. The normalized spacial score (nSPS) is 18.8. The lowest BCUT2D eigenvalue weighted by Gasteiger charge is -2.21. The predicted molar refractivity (Wildman–Crippen MR) is 105 cm³/mol. The average Bonchev–Trinajstić information content (AvgIpc) is 3.41. The van der Waals surface area contributed by atoms with Crippen LogP contribution in [0, 0.1) is 0 Å². The van der Waals surface area contributed by atoms with Gasteiger partial charge in [0.2, 0.25) is 0 Å². The highest BCUT2D eigenvalue weighted by Crippen LogP contribution is 2.28. The van der Waals surface area contributed by atoms with Gasteiger partial charge in [0.1, 0.15) is 11.9 Å². The third-order valence-corrected chi connectivity index (χ3v) is 5.00. The summed E-state index contributed by atoms with van der Waals surface area (Å²) in [6.45, 7) is 0.410. The Labute approximate surface area is 177 Å². The molecule has 0 bridgehead atoms. The highest BCUT2D eigenvalue weighted by Gasteiger charge is 2.38. The van der Waals surface area contributed by atoms with E-state index in [0.717, 1.165) is 5.56 Å². The summed E-state index contributed by atoms with van der Waals surface area (Å²) in [6, 6.07) is 8.49. The summed E-state index contributed by atoms with van der Waals surface area (Å²) < 4.78 is 46.9. The Kier molecular flexibility index (Phi) is 4.81. The second-order valence-electron chi connectivity index (χ2n) is 7.11. The van der Waals surface area contributed by atoms with E-state index in [1.54, 1.807) is 24.5 Å². The van der Waals surface area contributed by atoms with Crippen LogP contribution in [0.15, 0.2) is 53.6 Å². The molecule has 13 heteroatoms. The van der Waals surface area contributed by atoms with Gasteiger partial charge in [0.15, 0.2) is 5.65 Å². The van der Waals surface area contributed by atoms with Crippen LogP contribution in [0.1, 0.15) is 11.9 Å². The number of fused-ring (bicyclic) bond motifs is 1. The molecule has 0 radical (unpaired) electrons. The highest BCUT2D eigenvalue weighted by atomic mass is 19.4. The first-order valence-corrected chi connectivity index (χ1v) is 9.54. The number of anilines is 1. The van der Waals surface area contributed by atoms with Crippen molar-refractivity contribution in [2.24, 2.45) is 0 Å². The molecule has 0 aliphatic carbocycles. The molecule has 0 saturated carbocycles. The molecule has 5 heterocycles. The van der Waals surface area contributed by atoms with Gasteiger partial charge in [-0.2, -0.15) is 22.8 Å². The van der Waals surface area contributed by atoms with Crippen LogP contribution in [0.25, 0.3) is 16.9 Å². The quantitative estimate of drug-likeness (QED) is 0.507. The monoisotopic (exact) mass is 444 g/mol. The van der Waals surface area contributed by atoms with Crippen molar-refractivity contribution in [3.05, 3.63) is 65.0 Å². The molecule has 0 spiro atoms. The number of rotatable bonds is 4. The van der Waals surface area contributed by atoms with Gasteiger partial charge < -0.3 is 10.1 Å². The minimum Gasteiger partial charge on any atom is -0.377 e. The van der Waals surface area contributed by atoms with Crippen LogP contribution in [0.4, 0.5) is 19.0 Å².